The number of imidazole rings is 1. The second-order valence-corrected chi connectivity index (χ2v) is 3.70. The Hall–Kier alpha value is -1.40. The van der Waals surface area contributed by atoms with Gasteiger partial charge in [-0.15, -0.1) is 0 Å². The van der Waals surface area contributed by atoms with Gasteiger partial charge in [-0.2, -0.15) is 0 Å². The fourth-order valence-electron chi connectivity index (χ4n) is 1.60. The molecule has 0 aromatic carbocycles. The van der Waals surface area contributed by atoms with E-state index >= 15 is 0 Å². The van der Waals surface area contributed by atoms with Crippen molar-refractivity contribution in [2.24, 2.45) is 0 Å². The molecule has 0 saturated carbocycles. The van der Waals surface area contributed by atoms with Crippen molar-refractivity contribution in [3.05, 3.63) is 18.2 Å². The van der Waals surface area contributed by atoms with Crippen LogP contribution in [-0.2, 0) is 16.0 Å². The van der Waals surface area contributed by atoms with E-state index < -0.39 is 0 Å². The fraction of sp³-hybridized carbons (Fsp3) is 0.600. The summed E-state index contributed by atoms with van der Waals surface area (Å²) in [5, 5.41) is 5.97. The molecule has 1 unspecified atom stereocenters. The van der Waals surface area contributed by atoms with Crippen molar-refractivity contribution in [1.82, 2.24) is 20.6 Å². The van der Waals surface area contributed by atoms with Crippen molar-refractivity contribution in [2.75, 3.05) is 26.3 Å². The van der Waals surface area contributed by atoms with Crippen LogP contribution in [0, 0.1) is 0 Å². The molecular formula is C10H16N4O2. The number of carbonyl (C=O) groups excluding carboxylic acids is 1. The molecule has 1 fully saturated rings. The van der Waals surface area contributed by atoms with E-state index in [2.05, 4.69) is 20.6 Å². The predicted molar refractivity (Wildman–Crippen MR) is 57.9 cm³/mol. The number of hydrogen-bond donors (Lipinski definition) is 3. The van der Waals surface area contributed by atoms with E-state index in [4.69, 9.17) is 4.74 Å². The normalized spacial score (nSPS) is 20.6. The lowest BCUT2D eigenvalue weighted by molar-refractivity contribution is -0.125. The van der Waals surface area contributed by atoms with Gasteiger partial charge in [0.05, 0.1) is 19.5 Å². The largest absolute Gasteiger partial charge is 0.378 e. The van der Waals surface area contributed by atoms with Gasteiger partial charge in [0.25, 0.3) is 0 Å². The first-order chi connectivity index (χ1) is 7.86. The van der Waals surface area contributed by atoms with Crippen LogP contribution in [0.25, 0.3) is 0 Å². The zero-order chi connectivity index (χ0) is 11.2. The molecule has 0 spiro atoms. The number of morpholine rings is 1. The predicted octanol–water partition coefficient (Wildman–Crippen LogP) is -0.943. The summed E-state index contributed by atoms with van der Waals surface area (Å²) < 4.78 is 5.22. The molecule has 1 aromatic rings. The Kier molecular flexibility index (Phi) is 3.90. The zero-order valence-corrected chi connectivity index (χ0v) is 9.03. The smallest absolute Gasteiger partial charge is 0.239 e. The van der Waals surface area contributed by atoms with Gasteiger partial charge in [-0.3, -0.25) is 4.79 Å². The zero-order valence-electron chi connectivity index (χ0n) is 9.03. The summed E-state index contributed by atoms with van der Waals surface area (Å²) in [7, 11) is 0. The summed E-state index contributed by atoms with van der Waals surface area (Å²) in [5.41, 5.74) is 1.02. The van der Waals surface area contributed by atoms with Gasteiger partial charge in [-0.1, -0.05) is 0 Å². The Bertz CT molecular complexity index is 320. The highest BCUT2D eigenvalue weighted by Gasteiger charge is 2.20. The van der Waals surface area contributed by atoms with Gasteiger partial charge in [-0.25, -0.2) is 4.98 Å². The van der Waals surface area contributed by atoms with E-state index in [1.165, 1.54) is 0 Å². The van der Waals surface area contributed by atoms with Gasteiger partial charge in [0.15, 0.2) is 0 Å². The molecule has 0 radical (unpaired) electrons. The third kappa shape index (κ3) is 3.04. The molecule has 1 aliphatic heterocycles. The first-order valence-corrected chi connectivity index (χ1v) is 5.42. The summed E-state index contributed by atoms with van der Waals surface area (Å²) in [6.45, 7) is 2.48. The van der Waals surface area contributed by atoms with Crippen molar-refractivity contribution >= 4 is 5.91 Å². The van der Waals surface area contributed by atoms with Gasteiger partial charge >= 0.3 is 0 Å². The summed E-state index contributed by atoms with van der Waals surface area (Å²) in [6, 6.07) is -0.212. The number of aromatic nitrogens is 2. The molecule has 3 N–H and O–H groups in total. The average molecular weight is 224 g/mol. The maximum atomic E-state index is 11.6. The molecule has 1 aliphatic rings. The van der Waals surface area contributed by atoms with E-state index in [-0.39, 0.29) is 11.9 Å². The summed E-state index contributed by atoms with van der Waals surface area (Å²) in [4.78, 5) is 18.5. The van der Waals surface area contributed by atoms with Crippen molar-refractivity contribution in [3.63, 3.8) is 0 Å². The Morgan fingerprint density at radius 2 is 2.62 bits per heavy atom. The van der Waals surface area contributed by atoms with Crippen LogP contribution in [0.5, 0.6) is 0 Å². The standard InChI is InChI=1S/C10H16N4O2/c15-10(9-6-16-4-3-12-9)13-2-1-8-5-11-7-14-8/h5,7,9,12H,1-4,6H2,(H,11,14)(H,13,15). The van der Waals surface area contributed by atoms with Gasteiger partial charge in [0.1, 0.15) is 6.04 Å². The fourth-order valence-corrected chi connectivity index (χ4v) is 1.60. The molecule has 1 saturated heterocycles. The molecule has 1 amide bonds. The minimum absolute atomic E-state index is 0.000727. The Balaban J connectivity index is 1.67. The van der Waals surface area contributed by atoms with E-state index in [9.17, 15) is 4.79 Å². The molecular weight excluding hydrogens is 208 g/mol. The van der Waals surface area contributed by atoms with Gasteiger partial charge < -0.3 is 20.4 Å². The average Bonchev–Trinajstić information content (AvgIpc) is 2.83. The van der Waals surface area contributed by atoms with Crippen LogP contribution in [0.3, 0.4) is 0 Å². The topological polar surface area (TPSA) is 79.0 Å². The van der Waals surface area contributed by atoms with Gasteiger partial charge in [0.2, 0.25) is 5.91 Å². The van der Waals surface area contributed by atoms with Gasteiger partial charge in [0, 0.05) is 31.4 Å². The highest BCUT2D eigenvalue weighted by molar-refractivity contribution is 5.81. The second-order valence-electron chi connectivity index (χ2n) is 3.70. The lowest BCUT2D eigenvalue weighted by atomic mass is 10.2. The van der Waals surface area contributed by atoms with Crippen LogP contribution < -0.4 is 10.6 Å². The van der Waals surface area contributed by atoms with Crippen molar-refractivity contribution in [1.29, 1.82) is 0 Å². The highest BCUT2D eigenvalue weighted by Crippen LogP contribution is 1.94. The number of nitrogens with zero attached hydrogens (tertiary/aromatic N) is 1. The second kappa shape index (κ2) is 5.62. The van der Waals surface area contributed by atoms with Gasteiger partial charge in [-0.05, 0) is 0 Å². The number of H-pyrrole nitrogens is 1. The Labute approximate surface area is 93.8 Å². The van der Waals surface area contributed by atoms with Crippen LogP contribution in [-0.4, -0.2) is 48.2 Å². The summed E-state index contributed by atoms with van der Waals surface area (Å²) in [6.07, 6.45) is 4.15. The number of nitrogens with one attached hydrogen (secondary N) is 3. The van der Waals surface area contributed by atoms with E-state index in [1.807, 2.05) is 0 Å². The molecule has 0 aliphatic carbocycles. The number of amides is 1. The maximum Gasteiger partial charge on any atom is 0.239 e. The van der Waals surface area contributed by atoms with E-state index in [1.54, 1.807) is 12.5 Å². The number of ether oxygens (including phenoxy) is 1. The molecule has 88 valence electrons. The van der Waals surface area contributed by atoms with Crippen LogP contribution in [0.2, 0.25) is 0 Å². The third-order valence-corrected chi connectivity index (χ3v) is 2.49. The molecule has 6 heteroatoms. The van der Waals surface area contributed by atoms with E-state index in [0.29, 0.717) is 19.8 Å². The lowest BCUT2D eigenvalue weighted by Crippen LogP contribution is -2.51. The van der Waals surface area contributed by atoms with Crippen molar-refractivity contribution < 1.29 is 9.53 Å². The Morgan fingerprint density at radius 3 is 3.31 bits per heavy atom. The Morgan fingerprint density at radius 1 is 1.69 bits per heavy atom. The summed E-state index contributed by atoms with van der Waals surface area (Å²) in [5.74, 6) is -0.000727. The number of carbonyl (C=O) groups is 1. The summed E-state index contributed by atoms with van der Waals surface area (Å²) >= 11 is 0. The molecule has 2 rings (SSSR count). The molecule has 1 aromatic heterocycles. The number of aromatic amines is 1. The van der Waals surface area contributed by atoms with Crippen molar-refractivity contribution in [3.8, 4) is 0 Å². The molecule has 1 atom stereocenters. The first kappa shape index (κ1) is 11.1. The molecule has 16 heavy (non-hydrogen) atoms. The minimum Gasteiger partial charge on any atom is -0.378 e. The first-order valence-electron chi connectivity index (χ1n) is 5.42. The number of hydrogen-bond acceptors (Lipinski definition) is 4. The van der Waals surface area contributed by atoms with Crippen LogP contribution in [0.1, 0.15) is 5.69 Å². The van der Waals surface area contributed by atoms with Crippen LogP contribution >= 0.6 is 0 Å². The number of rotatable bonds is 4. The monoisotopic (exact) mass is 224 g/mol. The molecule has 0 bridgehead atoms. The minimum atomic E-state index is -0.212. The molecule has 6 nitrogen and oxygen atoms in total. The van der Waals surface area contributed by atoms with E-state index in [0.717, 1.165) is 18.7 Å². The highest BCUT2D eigenvalue weighted by atomic mass is 16.5. The quantitative estimate of drug-likeness (QED) is 0.616. The maximum absolute atomic E-state index is 11.6. The SMILES string of the molecule is O=C(NCCc1cnc[nH]1)C1COCCN1. The molecule has 2 heterocycles. The lowest BCUT2D eigenvalue weighted by Gasteiger charge is -2.22. The van der Waals surface area contributed by atoms with Crippen LogP contribution in [0.4, 0.5) is 0 Å². The van der Waals surface area contributed by atoms with Crippen LogP contribution in [0.15, 0.2) is 12.5 Å². The third-order valence-electron chi connectivity index (χ3n) is 2.49. The van der Waals surface area contributed by atoms with Crippen molar-refractivity contribution in [2.45, 2.75) is 12.5 Å².